The zero-order valence-corrected chi connectivity index (χ0v) is 12.8. The number of likely N-dealkylation sites (tertiary alicyclic amines) is 1. The van der Waals surface area contributed by atoms with Gasteiger partial charge in [0.25, 0.3) is 0 Å². The Morgan fingerprint density at radius 3 is 2.85 bits per heavy atom. The van der Waals surface area contributed by atoms with Crippen molar-refractivity contribution in [2.24, 2.45) is 11.7 Å². The van der Waals surface area contributed by atoms with E-state index >= 15 is 0 Å². The first-order chi connectivity index (χ1) is 9.58. The second-order valence-electron chi connectivity index (χ2n) is 5.61. The van der Waals surface area contributed by atoms with Crippen molar-refractivity contribution in [2.75, 3.05) is 25.4 Å². The quantitative estimate of drug-likeness (QED) is 0.899. The number of nitrogens with two attached hydrogens (primary N) is 2. The summed E-state index contributed by atoms with van der Waals surface area (Å²) in [5.74, 6) is 2.05. The molecule has 3 heterocycles. The van der Waals surface area contributed by atoms with E-state index in [2.05, 4.69) is 28.7 Å². The number of aryl methyl sites for hydroxylation is 2. The molecular formula is C14H21N5S. The van der Waals surface area contributed by atoms with Gasteiger partial charge in [0.1, 0.15) is 16.5 Å². The maximum Gasteiger partial charge on any atom is 0.146 e. The van der Waals surface area contributed by atoms with Crippen LogP contribution in [0.5, 0.6) is 0 Å². The first-order valence-electron chi connectivity index (χ1n) is 7.03. The molecule has 1 fully saturated rings. The number of nitrogens with zero attached hydrogens (tertiary/aromatic N) is 3. The molecule has 0 radical (unpaired) electrons. The zero-order valence-electron chi connectivity index (χ0n) is 12.0. The van der Waals surface area contributed by atoms with Crippen molar-refractivity contribution in [1.29, 1.82) is 0 Å². The predicted molar refractivity (Wildman–Crippen MR) is 83.7 cm³/mol. The molecule has 1 atom stereocenters. The van der Waals surface area contributed by atoms with E-state index < -0.39 is 0 Å². The van der Waals surface area contributed by atoms with Gasteiger partial charge in [-0.3, -0.25) is 4.90 Å². The summed E-state index contributed by atoms with van der Waals surface area (Å²) in [5, 5.41) is 1.03. The second kappa shape index (κ2) is 5.27. The summed E-state index contributed by atoms with van der Waals surface area (Å²) >= 11 is 1.70. The van der Waals surface area contributed by atoms with Gasteiger partial charge in [0, 0.05) is 11.4 Å². The molecule has 0 saturated carbocycles. The Morgan fingerprint density at radius 2 is 2.15 bits per heavy atom. The molecule has 0 amide bonds. The molecule has 3 rings (SSSR count). The molecule has 1 saturated heterocycles. The minimum Gasteiger partial charge on any atom is -0.383 e. The fourth-order valence-corrected chi connectivity index (χ4v) is 3.90. The maximum absolute atomic E-state index is 6.12. The minimum atomic E-state index is 0.612. The van der Waals surface area contributed by atoms with E-state index in [0.29, 0.717) is 11.7 Å². The molecule has 2 aromatic heterocycles. The lowest BCUT2D eigenvalue weighted by Crippen LogP contribution is -2.24. The van der Waals surface area contributed by atoms with Gasteiger partial charge < -0.3 is 11.5 Å². The van der Waals surface area contributed by atoms with Crippen molar-refractivity contribution < 1.29 is 0 Å². The van der Waals surface area contributed by atoms with Gasteiger partial charge in [0.2, 0.25) is 0 Å². The Labute approximate surface area is 123 Å². The average molecular weight is 291 g/mol. The summed E-state index contributed by atoms with van der Waals surface area (Å²) in [6.07, 6.45) is 1.17. The van der Waals surface area contributed by atoms with E-state index in [1.807, 2.05) is 0 Å². The monoisotopic (exact) mass is 291 g/mol. The molecule has 1 unspecified atom stereocenters. The van der Waals surface area contributed by atoms with Crippen LogP contribution in [0, 0.1) is 19.8 Å². The van der Waals surface area contributed by atoms with Crippen molar-refractivity contribution in [3.63, 3.8) is 0 Å². The molecule has 5 nitrogen and oxygen atoms in total. The van der Waals surface area contributed by atoms with Gasteiger partial charge in [-0.15, -0.1) is 11.3 Å². The van der Waals surface area contributed by atoms with E-state index in [1.54, 1.807) is 11.3 Å². The van der Waals surface area contributed by atoms with Crippen LogP contribution < -0.4 is 11.5 Å². The van der Waals surface area contributed by atoms with Crippen molar-refractivity contribution in [3.05, 3.63) is 16.3 Å². The first-order valence-corrected chi connectivity index (χ1v) is 7.84. The Balaban J connectivity index is 1.86. The lowest BCUT2D eigenvalue weighted by Gasteiger charge is -2.14. The third-order valence-electron chi connectivity index (χ3n) is 4.17. The number of aromatic nitrogens is 2. The van der Waals surface area contributed by atoms with Crippen molar-refractivity contribution in [1.82, 2.24) is 14.9 Å². The fraction of sp³-hybridized carbons (Fsp3) is 0.571. The summed E-state index contributed by atoms with van der Waals surface area (Å²) < 4.78 is 0. The Bertz CT molecular complexity index is 636. The second-order valence-corrected chi connectivity index (χ2v) is 6.82. The number of thiophene rings is 1. The smallest absolute Gasteiger partial charge is 0.146 e. The number of fused-ring (bicyclic) bond motifs is 1. The molecule has 0 aliphatic carbocycles. The average Bonchev–Trinajstić information content (AvgIpc) is 2.95. The molecule has 2 aromatic rings. The molecule has 4 N–H and O–H groups in total. The minimum absolute atomic E-state index is 0.612. The van der Waals surface area contributed by atoms with E-state index in [4.69, 9.17) is 11.5 Å². The van der Waals surface area contributed by atoms with Gasteiger partial charge >= 0.3 is 0 Å². The summed E-state index contributed by atoms with van der Waals surface area (Å²) in [6.45, 7) is 7.84. The van der Waals surface area contributed by atoms with Crippen molar-refractivity contribution in [2.45, 2.75) is 26.8 Å². The van der Waals surface area contributed by atoms with Crippen LogP contribution >= 0.6 is 11.3 Å². The summed E-state index contributed by atoms with van der Waals surface area (Å²) in [7, 11) is 0. The van der Waals surface area contributed by atoms with Crippen molar-refractivity contribution in [3.8, 4) is 0 Å². The van der Waals surface area contributed by atoms with E-state index in [-0.39, 0.29) is 0 Å². The molecule has 1 aliphatic rings. The summed E-state index contributed by atoms with van der Waals surface area (Å²) in [6, 6.07) is 0. The SMILES string of the molecule is Cc1sc2nc(CN3CCC(CN)C3)nc(N)c2c1C. The summed E-state index contributed by atoms with van der Waals surface area (Å²) in [4.78, 5) is 13.8. The van der Waals surface area contributed by atoms with Crippen LogP contribution in [0.2, 0.25) is 0 Å². The number of hydrogen-bond acceptors (Lipinski definition) is 6. The number of rotatable bonds is 3. The molecule has 6 heteroatoms. The Morgan fingerprint density at radius 1 is 1.35 bits per heavy atom. The van der Waals surface area contributed by atoms with Crippen LogP contribution in [0.3, 0.4) is 0 Å². The third kappa shape index (κ3) is 2.39. The standard InChI is InChI=1S/C14H21N5S/c1-8-9(2)20-14-12(8)13(16)17-11(18-14)7-19-4-3-10(5-15)6-19/h10H,3-7,15H2,1-2H3,(H2,16,17,18). The topological polar surface area (TPSA) is 81.1 Å². The van der Waals surface area contributed by atoms with Crippen molar-refractivity contribution >= 4 is 27.4 Å². The van der Waals surface area contributed by atoms with Gasteiger partial charge in [-0.2, -0.15) is 0 Å². The molecule has 0 aromatic carbocycles. The molecule has 20 heavy (non-hydrogen) atoms. The highest BCUT2D eigenvalue weighted by atomic mass is 32.1. The molecule has 108 valence electrons. The van der Waals surface area contributed by atoms with Gasteiger partial charge in [0.05, 0.1) is 11.9 Å². The summed E-state index contributed by atoms with van der Waals surface area (Å²) in [5.41, 5.74) is 13.1. The maximum atomic E-state index is 6.12. The first kappa shape index (κ1) is 13.7. The highest BCUT2D eigenvalue weighted by molar-refractivity contribution is 7.18. The lowest BCUT2D eigenvalue weighted by atomic mass is 10.1. The highest BCUT2D eigenvalue weighted by Gasteiger charge is 2.22. The van der Waals surface area contributed by atoms with Gasteiger partial charge in [0.15, 0.2) is 0 Å². The van der Waals surface area contributed by atoms with Gasteiger partial charge in [-0.25, -0.2) is 9.97 Å². The third-order valence-corrected chi connectivity index (χ3v) is 5.27. The molecule has 0 spiro atoms. The van der Waals surface area contributed by atoms with Crippen LogP contribution in [0.1, 0.15) is 22.7 Å². The van der Waals surface area contributed by atoms with Crippen LogP contribution in [0.25, 0.3) is 10.2 Å². The van der Waals surface area contributed by atoms with Crippen LogP contribution in [0.4, 0.5) is 5.82 Å². The zero-order chi connectivity index (χ0) is 14.3. The lowest BCUT2D eigenvalue weighted by molar-refractivity contribution is 0.310. The van der Waals surface area contributed by atoms with E-state index in [1.165, 1.54) is 16.9 Å². The predicted octanol–water partition coefficient (Wildman–Crippen LogP) is 1.67. The highest BCUT2D eigenvalue weighted by Crippen LogP contribution is 2.32. The number of hydrogen-bond donors (Lipinski definition) is 2. The number of anilines is 1. The van der Waals surface area contributed by atoms with Gasteiger partial charge in [-0.05, 0) is 44.8 Å². The van der Waals surface area contributed by atoms with Crippen LogP contribution in [-0.2, 0) is 6.54 Å². The molecular weight excluding hydrogens is 270 g/mol. The fourth-order valence-electron chi connectivity index (χ4n) is 2.85. The largest absolute Gasteiger partial charge is 0.383 e. The van der Waals surface area contributed by atoms with Crippen LogP contribution in [0.15, 0.2) is 0 Å². The molecule has 0 bridgehead atoms. The Kier molecular flexibility index (Phi) is 3.62. The van der Waals surface area contributed by atoms with Crippen LogP contribution in [-0.4, -0.2) is 34.5 Å². The van der Waals surface area contributed by atoms with E-state index in [9.17, 15) is 0 Å². The Hall–Kier alpha value is -1.24. The van der Waals surface area contributed by atoms with Gasteiger partial charge in [-0.1, -0.05) is 0 Å². The van der Waals surface area contributed by atoms with E-state index in [0.717, 1.165) is 42.2 Å². The normalized spacial score (nSPS) is 20.1. The molecule has 1 aliphatic heterocycles. The number of nitrogen functional groups attached to an aromatic ring is 1.